The van der Waals surface area contributed by atoms with E-state index < -0.39 is 0 Å². The Morgan fingerprint density at radius 1 is 1.20 bits per heavy atom. The first kappa shape index (κ1) is 13.1. The van der Waals surface area contributed by atoms with Gasteiger partial charge < -0.3 is 10.1 Å². The van der Waals surface area contributed by atoms with Crippen LogP contribution in [0.4, 0.5) is 0 Å². The number of fused-ring (bicyclic) bond motifs is 1. The second kappa shape index (κ2) is 4.72. The van der Waals surface area contributed by atoms with Gasteiger partial charge in [-0.3, -0.25) is 9.59 Å². The van der Waals surface area contributed by atoms with Crippen molar-refractivity contribution in [2.75, 3.05) is 0 Å². The van der Waals surface area contributed by atoms with Gasteiger partial charge in [0.1, 0.15) is 6.10 Å². The van der Waals surface area contributed by atoms with Crippen LogP contribution in [0.2, 0.25) is 0 Å². The van der Waals surface area contributed by atoms with Crippen LogP contribution in [-0.2, 0) is 14.3 Å². The number of nitrogens with one attached hydrogen (secondary N) is 1. The normalized spacial score (nSPS) is 46.5. The molecule has 20 heavy (non-hydrogen) atoms. The minimum Gasteiger partial charge on any atom is -0.461 e. The third-order valence-electron chi connectivity index (χ3n) is 5.78. The summed E-state index contributed by atoms with van der Waals surface area (Å²) in [7, 11) is 0. The average Bonchev–Trinajstić information content (AvgIpc) is 3.04. The van der Waals surface area contributed by atoms with Crippen molar-refractivity contribution < 1.29 is 14.3 Å². The van der Waals surface area contributed by atoms with Crippen LogP contribution < -0.4 is 5.32 Å². The van der Waals surface area contributed by atoms with Gasteiger partial charge in [-0.25, -0.2) is 0 Å². The van der Waals surface area contributed by atoms with Crippen molar-refractivity contribution in [3.63, 3.8) is 0 Å². The maximum Gasteiger partial charge on any atom is 0.310 e. The summed E-state index contributed by atoms with van der Waals surface area (Å²) in [6.45, 7) is 0. The molecule has 1 aliphatic heterocycles. The van der Waals surface area contributed by atoms with E-state index in [1.54, 1.807) is 0 Å². The standard InChI is InChI=1S/C15H20BrNO3/c16-12-8-6-9-11(15(19)20-13(9)12)10(8)14(18)17-7-4-2-1-3-5-7/h7-13H,1-6H2,(H,17,18)/t8-,9-,10-,11+,12+,13+/m1/s1. The highest BCUT2D eigenvalue weighted by Crippen LogP contribution is 2.59. The van der Waals surface area contributed by atoms with Crippen LogP contribution in [-0.4, -0.2) is 28.8 Å². The first-order valence-corrected chi connectivity index (χ1v) is 8.73. The van der Waals surface area contributed by atoms with Crippen molar-refractivity contribution in [2.24, 2.45) is 23.7 Å². The summed E-state index contributed by atoms with van der Waals surface area (Å²) in [4.78, 5) is 24.8. The molecule has 1 amide bonds. The van der Waals surface area contributed by atoms with Crippen molar-refractivity contribution in [1.29, 1.82) is 0 Å². The fourth-order valence-electron chi connectivity index (χ4n) is 4.87. The van der Waals surface area contributed by atoms with Gasteiger partial charge in [0.05, 0.1) is 16.7 Å². The van der Waals surface area contributed by atoms with E-state index in [1.165, 1.54) is 19.3 Å². The minimum absolute atomic E-state index is 0.0104. The maximum absolute atomic E-state index is 12.6. The molecule has 0 spiro atoms. The molecule has 1 heterocycles. The molecule has 6 atom stereocenters. The lowest BCUT2D eigenvalue weighted by Gasteiger charge is -2.30. The molecular weight excluding hydrogens is 322 g/mol. The first-order chi connectivity index (χ1) is 9.66. The molecule has 110 valence electrons. The predicted octanol–water partition coefficient (Wildman–Crippen LogP) is 2.01. The van der Waals surface area contributed by atoms with Crippen molar-refractivity contribution in [1.82, 2.24) is 5.32 Å². The zero-order chi connectivity index (χ0) is 13.9. The van der Waals surface area contributed by atoms with Crippen LogP contribution in [0.15, 0.2) is 0 Å². The lowest BCUT2D eigenvalue weighted by Crippen LogP contribution is -2.46. The SMILES string of the molecule is O=C(NC1CCCCC1)[C@@H]1[C@H]2C[C@H]3[C@H](OC(=O)[C@@H]31)[C@H]2Br. The molecule has 4 rings (SSSR count). The molecule has 0 radical (unpaired) electrons. The molecule has 0 aromatic heterocycles. The number of carbonyl (C=O) groups excluding carboxylic acids is 2. The van der Waals surface area contributed by atoms with Gasteiger partial charge in [-0.15, -0.1) is 0 Å². The molecule has 1 N–H and O–H groups in total. The van der Waals surface area contributed by atoms with E-state index >= 15 is 0 Å². The van der Waals surface area contributed by atoms with Crippen LogP contribution in [0.3, 0.4) is 0 Å². The summed E-state index contributed by atoms with van der Waals surface area (Å²) in [6, 6.07) is 0.317. The number of halogens is 1. The Morgan fingerprint density at radius 3 is 2.70 bits per heavy atom. The maximum atomic E-state index is 12.6. The lowest BCUT2D eigenvalue weighted by atomic mass is 9.79. The Kier molecular flexibility index (Phi) is 3.09. The molecule has 3 aliphatic carbocycles. The van der Waals surface area contributed by atoms with Crippen LogP contribution in [0, 0.1) is 23.7 Å². The highest BCUT2D eigenvalue weighted by molar-refractivity contribution is 9.09. The van der Waals surface area contributed by atoms with Crippen LogP contribution >= 0.6 is 15.9 Å². The van der Waals surface area contributed by atoms with Gasteiger partial charge in [-0.1, -0.05) is 35.2 Å². The molecule has 1 saturated heterocycles. The second-order valence-corrected chi connectivity index (χ2v) is 7.86. The number of amides is 1. The van der Waals surface area contributed by atoms with Gasteiger partial charge in [0.15, 0.2) is 0 Å². The van der Waals surface area contributed by atoms with Gasteiger partial charge >= 0.3 is 5.97 Å². The van der Waals surface area contributed by atoms with E-state index in [2.05, 4.69) is 21.2 Å². The molecule has 0 unspecified atom stereocenters. The highest BCUT2D eigenvalue weighted by atomic mass is 79.9. The van der Waals surface area contributed by atoms with E-state index in [9.17, 15) is 9.59 Å². The summed E-state index contributed by atoms with van der Waals surface area (Å²) in [5.74, 6) is 0.133. The predicted molar refractivity (Wildman–Crippen MR) is 76.2 cm³/mol. The number of alkyl halides is 1. The molecule has 0 aromatic rings. The van der Waals surface area contributed by atoms with Crippen LogP contribution in [0.25, 0.3) is 0 Å². The Labute approximate surface area is 127 Å². The lowest BCUT2D eigenvalue weighted by molar-refractivity contribution is -0.146. The number of ether oxygens (including phenoxy) is 1. The van der Waals surface area contributed by atoms with E-state index in [4.69, 9.17) is 4.74 Å². The molecule has 2 bridgehead atoms. The van der Waals surface area contributed by atoms with Crippen molar-refractivity contribution in [3.8, 4) is 0 Å². The smallest absolute Gasteiger partial charge is 0.310 e. The number of esters is 1. The fourth-order valence-corrected chi connectivity index (χ4v) is 5.92. The first-order valence-electron chi connectivity index (χ1n) is 7.82. The van der Waals surface area contributed by atoms with Gasteiger partial charge in [-0.05, 0) is 25.2 Å². The molecule has 4 fully saturated rings. The Morgan fingerprint density at radius 2 is 1.95 bits per heavy atom. The molecule has 0 aromatic carbocycles. The molecule has 4 aliphatic rings. The zero-order valence-electron chi connectivity index (χ0n) is 11.4. The minimum atomic E-state index is -0.178. The van der Waals surface area contributed by atoms with Gasteiger partial charge in [0.2, 0.25) is 5.91 Å². The third kappa shape index (κ3) is 1.78. The summed E-state index contributed by atoms with van der Waals surface area (Å²) in [6.07, 6.45) is 6.83. The van der Waals surface area contributed by atoms with Crippen molar-refractivity contribution >= 4 is 27.8 Å². The van der Waals surface area contributed by atoms with Gasteiger partial charge in [0.25, 0.3) is 0 Å². The quantitative estimate of drug-likeness (QED) is 0.617. The molecular formula is C15H20BrNO3. The van der Waals surface area contributed by atoms with Crippen LogP contribution in [0.1, 0.15) is 38.5 Å². The zero-order valence-corrected chi connectivity index (χ0v) is 13.0. The van der Waals surface area contributed by atoms with Crippen molar-refractivity contribution in [3.05, 3.63) is 0 Å². The van der Waals surface area contributed by atoms with Gasteiger partial charge in [0, 0.05) is 12.0 Å². The summed E-state index contributed by atoms with van der Waals surface area (Å²) in [5, 5.41) is 3.20. The average molecular weight is 342 g/mol. The highest BCUT2D eigenvalue weighted by Gasteiger charge is 2.67. The summed E-state index contributed by atoms with van der Waals surface area (Å²) in [5.41, 5.74) is 0. The topological polar surface area (TPSA) is 55.4 Å². The number of hydrogen-bond donors (Lipinski definition) is 1. The number of carbonyl (C=O) groups is 2. The third-order valence-corrected chi connectivity index (χ3v) is 6.98. The van der Waals surface area contributed by atoms with E-state index in [0.29, 0.717) is 6.04 Å². The van der Waals surface area contributed by atoms with Crippen molar-refractivity contribution in [2.45, 2.75) is 55.5 Å². The molecule has 4 nitrogen and oxygen atoms in total. The Balaban J connectivity index is 1.50. The number of rotatable bonds is 2. The second-order valence-electron chi connectivity index (χ2n) is 6.80. The van der Waals surface area contributed by atoms with E-state index in [-0.39, 0.29) is 46.5 Å². The fraction of sp³-hybridized carbons (Fsp3) is 0.867. The van der Waals surface area contributed by atoms with Crippen LogP contribution in [0.5, 0.6) is 0 Å². The van der Waals surface area contributed by atoms with Gasteiger partial charge in [-0.2, -0.15) is 0 Å². The largest absolute Gasteiger partial charge is 0.461 e. The van der Waals surface area contributed by atoms with E-state index in [0.717, 1.165) is 19.3 Å². The molecule has 5 heteroatoms. The molecule has 3 saturated carbocycles. The monoisotopic (exact) mass is 341 g/mol. The van der Waals surface area contributed by atoms with E-state index in [1.807, 2.05) is 0 Å². The summed E-state index contributed by atoms with van der Waals surface area (Å²) >= 11 is 3.65. The Bertz CT molecular complexity index is 448. The summed E-state index contributed by atoms with van der Waals surface area (Å²) < 4.78 is 5.46. The Hall–Kier alpha value is -0.580. The number of hydrogen-bond acceptors (Lipinski definition) is 3.